The number of aryl methyl sites for hydroxylation is 2. The number of aromatic nitrogens is 1. The van der Waals surface area contributed by atoms with Gasteiger partial charge in [-0.05, 0) is 57.4 Å². The van der Waals surface area contributed by atoms with Gasteiger partial charge in [0.15, 0.2) is 0 Å². The van der Waals surface area contributed by atoms with Gasteiger partial charge in [-0.2, -0.15) is 0 Å². The number of rotatable bonds is 4. The van der Waals surface area contributed by atoms with Crippen molar-refractivity contribution in [2.24, 2.45) is 0 Å². The molecule has 0 radical (unpaired) electrons. The van der Waals surface area contributed by atoms with Crippen molar-refractivity contribution < 1.29 is 4.79 Å². The van der Waals surface area contributed by atoms with E-state index in [1.165, 1.54) is 0 Å². The van der Waals surface area contributed by atoms with Crippen molar-refractivity contribution in [2.45, 2.75) is 39.7 Å². The van der Waals surface area contributed by atoms with Gasteiger partial charge in [-0.25, -0.2) is 0 Å². The monoisotopic (exact) mass is 310 g/mol. The first-order valence-electron chi connectivity index (χ1n) is 8.14. The van der Waals surface area contributed by atoms with E-state index in [-0.39, 0.29) is 17.5 Å². The number of hydrogen-bond donors (Lipinski definition) is 0. The molecule has 3 rings (SSSR count). The molecule has 1 amide bonds. The minimum atomic E-state index is -0.212. The fraction of sp³-hybridized carbons (Fsp3) is 0.368. The van der Waals surface area contributed by atoms with E-state index in [4.69, 9.17) is 0 Å². The fourth-order valence-corrected chi connectivity index (χ4v) is 3.14. The molecule has 1 aliphatic rings. The van der Waals surface area contributed by atoms with Crippen molar-refractivity contribution in [2.75, 3.05) is 11.4 Å². The molecule has 4 nitrogen and oxygen atoms in total. The highest BCUT2D eigenvalue weighted by Gasteiger charge is 2.30. The molecular formula is C19H22N2O2. The fourth-order valence-electron chi connectivity index (χ4n) is 3.14. The summed E-state index contributed by atoms with van der Waals surface area (Å²) in [7, 11) is 0. The van der Waals surface area contributed by atoms with E-state index in [0.717, 1.165) is 29.8 Å². The highest BCUT2D eigenvalue weighted by Crippen LogP contribution is 2.34. The van der Waals surface area contributed by atoms with Gasteiger partial charge in [0.25, 0.3) is 11.5 Å². The molecular weight excluding hydrogens is 288 g/mol. The molecule has 1 aromatic heterocycles. The number of carbonyl (C=O) groups is 1. The highest BCUT2D eigenvalue weighted by atomic mass is 16.2. The van der Waals surface area contributed by atoms with Crippen LogP contribution in [0.1, 0.15) is 47.4 Å². The average Bonchev–Trinajstić information content (AvgIpc) is 3.33. The summed E-state index contributed by atoms with van der Waals surface area (Å²) in [6, 6.07) is 11.7. The lowest BCUT2D eigenvalue weighted by Gasteiger charge is -2.22. The summed E-state index contributed by atoms with van der Waals surface area (Å²) in [6.07, 6.45) is 2.04. The molecule has 0 atom stereocenters. The van der Waals surface area contributed by atoms with Gasteiger partial charge < -0.3 is 9.47 Å². The molecule has 0 aliphatic heterocycles. The third-order valence-electron chi connectivity index (χ3n) is 4.39. The maximum atomic E-state index is 13.0. The number of nitrogens with zero attached hydrogens (tertiary/aromatic N) is 2. The molecule has 1 fully saturated rings. The normalized spacial score (nSPS) is 13.9. The molecule has 4 heteroatoms. The standard InChI is InChI=1S/C19H22N2O2/c1-4-20(15-8-6-5-7-9-15)18(22)17-13(2)12-14(3)21(19(17)23)16-10-11-16/h5-9,12,16H,4,10-11H2,1-3H3. The zero-order valence-electron chi connectivity index (χ0n) is 13.9. The molecule has 23 heavy (non-hydrogen) atoms. The Balaban J connectivity index is 2.09. The number of benzene rings is 1. The predicted molar refractivity (Wildman–Crippen MR) is 92.2 cm³/mol. The van der Waals surface area contributed by atoms with Gasteiger partial charge in [-0.1, -0.05) is 18.2 Å². The van der Waals surface area contributed by atoms with Gasteiger partial charge in [0.2, 0.25) is 0 Å². The maximum absolute atomic E-state index is 13.0. The zero-order chi connectivity index (χ0) is 16.6. The van der Waals surface area contributed by atoms with Crippen LogP contribution < -0.4 is 10.5 Å². The molecule has 2 aromatic rings. The van der Waals surface area contributed by atoms with Gasteiger partial charge in [0.1, 0.15) is 5.56 Å². The number of para-hydroxylation sites is 1. The Hall–Kier alpha value is -2.36. The predicted octanol–water partition coefficient (Wildman–Crippen LogP) is 3.47. The first-order chi connectivity index (χ1) is 11.0. The first-order valence-corrected chi connectivity index (χ1v) is 8.14. The van der Waals surface area contributed by atoms with Gasteiger partial charge in [-0.3, -0.25) is 9.59 Å². The van der Waals surface area contributed by atoms with E-state index in [2.05, 4.69) is 0 Å². The Bertz CT molecular complexity index is 789. The smallest absolute Gasteiger partial charge is 0.264 e. The van der Waals surface area contributed by atoms with Gasteiger partial charge in [-0.15, -0.1) is 0 Å². The van der Waals surface area contributed by atoms with Crippen molar-refractivity contribution in [1.29, 1.82) is 0 Å². The lowest BCUT2D eigenvalue weighted by atomic mass is 10.1. The summed E-state index contributed by atoms with van der Waals surface area (Å²) in [5, 5.41) is 0. The lowest BCUT2D eigenvalue weighted by molar-refractivity contribution is 0.0985. The summed E-state index contributed by atoms with van der Waals surface area (Å²) >= 11 is 0. The van der Waals surface area contributed by atoms with Gasteiger partial charge >= 0.3 is 0 Å². The highest BCUT2D eigenvalue weighted by molar-refractivity contribution is 6.06. The van der Waals surface area contributed by atoms with Crippen LogP contribution in [0.15, 0.2) is 41.2 Å². The quantitative estimate of drug-likeness (QED) is 0.868. The summed E-state index contributed by atoms with van der Waals surface area (Å²) in [6.45, 7) is 6.24. The molecule has 120 valence electrons. The van der Waals surface area contributed by atoms with Crippen LogP contribution >= 0.6 is 0 Å². The van der Waals surface area contributed by atoms with Crippen LogP contribution in [0, 0.1) is 13.8 Å². The molecule has 1 aromatic carbocycles. The number of pyridine rings is 1. The molecule has 0 N–H and O–H groups in total. The van der Waals surface area contributed by atoms with Crippen LogP contribution in [0.3, 0.4) is 0 Å². The van der Waals surface area contributed by atoms with Crippen LogP contribution in [-0.2, 0) is 0 Å². The minimum Gasteiger partial charge on any atom is -0.309 e. The minimum absolute atomic E-state index is 0.149. The zero-order valence-corrected chi connectivity index (χ0v) is 13.9. The molecule has 0 saturated heterocycles. The molecule has 1 saturated carbocycles. The van der Waals surface area contributed by atoms with Crippen molar-refractivity contribution >= 4 is 11.6 Å². The number of hydrogen-bond acceptors (Lipinski definition) is 2. The summed E-state index contributed by atoms with van der Waals surface area (Å²) < 4.78 is 1.79. The Morgan fingerprint density at radius 1 is 1.22 bits per heavy atom. The molecule has 1 heterocycles. The maximum Gasteiger partial charge on any atom is 0.264 e. The van der Waals surface area contributed by atoms with Crippen LogP contribution in [0.4, 0.5) is 5.69 Å². The Morgan fingerprint density at radius 3 is 2.43 bits per heavy atom. The van der Waals surface area contributed by atoms with E-state index in [0.29, 0.717) is 12.1 Å². The Kier molecular flexibility index (Phi) is 4.07. The Morgan fingerprint density at radius 2 is 1.87 bits per heavy atom. The second-order valence-corrected chi connectivity index (χ2v) is 6.14. The summed E-state index contributed by atoms with van der Waals surface area (Å²) in [4.78, 5) is 27.6. The van der Waals surface area contributed by atoms with Crippen molar-refractivity contribution in [1.82, 2.24) is 4.57 Å². The van der Waals surface area contributed by atoms with Crippen LogP contribution in [0.5, 0.6) is 0 Å². The second-order valence-electron chi connectivity index (χ2n) is 6.14. The molecule has 0 spiro atoms. The van der Waals surface area contributed by atoms with E-state index >= 15 is 0 Å². The first kappa shape index (κ1) is 15.5. The topological polar surface area (TPSA) is 42.3 Å². The van der Waals surface area contributed by atoms with Crippen LogP contribution in [0.25, 0.3) is 0 Å². The van der Waals surface area contributed by atoms with E-state index < -0.39 is 0 Å². The van der Waals surface area contributed by atoms with Gasteiger partial charge in [0, 0.05) is 24.0 Å². The van der Waals surface area contributed by atoms with Crippen molar-refractivity contribution in [3.8, 4) is 0 Å². The van der Waals surface area contributed by atoms with Crippen LogP contribution in [0.2, 0.25) is 0 Å². The summed E-state index contributed by atoms with van der Waals surface area (Å²) in [5.74, 6) is -0.212. The molecule has 0 unspecified atom stereocenters. The molecule has 0 bridgehead atoms. The van der Waals surface area contributed by atoms with Crippen molar-refractivity contribution in [3.63, 3.8) is 0 Å². The van der Waals surface area contributed by atoms with E-state index in [1.807, 2.05) is 57.2 Å². The summed E-state index contributed by atoms with van der Waals surface area (Å²) in [5.41, 5.74) is 2.66. The third kappa shape index (κ3) is 2.81. The second kappa shape index (κ2) is 6.03. The largest absolute Gasteiger partial charge is 0.309 e. The van der Waals surface area contributed by atoms with Gasteiger partial charge in [0.05, 0.1) is 0 Å². The number of amides is 1. The van der Waals surface area contributed by atoms with E-state index in [1.54, 1.807) is 9.47 Å². The third-order valence-corrected chi connectivity index (χ3v) is 4.39. The average molecular weight is 310 g/mol. The Labute approximate surface area is 136 Å². The number of anilines is 1. The van der Waals surface area contributed by atoms with E-state index in [9.17, 15) is 9.59 Å². The SMILES string of the molecule is CCN(C(=O)c1c(C)cc(C)n(C2CC2)c1=O)c1ccccc1. The van der Waals surface area contributed by atoms with Crippen molar-refractivity contribution in [3.05, 3.63) is 63.6 Å². The lowest BCUT2D eigenvalue weighted by Crippen LogP contribution is -2.38. The molecule has 1 aliphatic carbocycles. The van der Waals surface area contributed by atoms with Crippen LogP contribution in [-0.4, -0.2) is 17.0 Å². The number of carbonyl (C=O) groups excluding carboxylic acids is 1.